The fraction of sp³-hybridized carbons (Fsp3) is 0.562. The summed E-state index contributed by atoms with van der Waals surface area (Å²) >= 11 is 1.68. The van der Waals surface area contributed by atoms with Crippen LogP contribution < -0.4 is 10.6 Å². The summed E-state index contributed by atoms with van der Waals surface area (Å²) in [5.41, 5.74) is -0.701. The van der Waals surface area contributed by atoms with Crippen LogP contribution in [-0.4, -0.2) is 52.5 Å². The minimum Gasteiger partial charge on any atom is -0.356 e. The Morgan fingerprint density at radius 3 is 2.83 bits per heavy atom. The highest BCUT2D eigenvalue weighted by Gasteiger charge is 2.33. The van der Waals surface area contributed by atoms with Crippen LogP contribution in [0.1, 0.15) is 25.6 Å². The van der Waals surface area contributed by atoms with Crippen LogP contribution in [-0.2, 0) is 11.2 Å². The number of carbonyl (C=O) groups is 1. The smallest absolute Gasteiger partial charge is 0.247 e. The Bertz CT molecular complexity index is 706. The van der Waals surface area contributed by atoms with Gasteiger partial charge in [-0.15, -0.1) is 11.3 Å². The summed E-state index contributed by atoms with van der Waals surface area (Å²) < 4.78 is 0. The van der Waals surface area contributed by atoms with E-state index < -0.39 is 5.54 Å². The van der Waals surface area contributed by atoms with E-state index in [1.54, 1.807) is 17.7 Å². The molecule has 1 saturated heterocycles. The molecule has 2 N–H and O–H groups in total. The molecule has 1 aliphatic rings. The second kappa shape index (κ2) is 6.41. The standard InChI is InChI=1S/C16H23N5OS/c1-4-11-9-12-13(18-10-19-14(12)23-11)20-16(2,3)15(22)21-7-5-17-6-8-21/h9-10,17H,4-8H2,1-3H3,(H,18,19,20). The van der Waals surface area contributed by atoms with Gasteiger partial charge in [-0.1, -0.05) is 6.92 Å². The number of nitrogens with zero attached hydrogens (tertiary/aromatic N) is 3. The summed E-state index contributed by atoms with van der Waals surface area (Å²) in [5.74, 6) is 0.844. The van der Waals surface area contributed by atoms with Gasteiger partial charge >= 0.3 is 0 Å². The second-order valence-corrected chi connectivity index (χ2v) is 7.41. The van der Waals surface area contributed by atoms with Crippen molar-refractivity contribution in [3.63, 3.8) is 0 Å². The predicted molar refractivity (Wildman–Crippen MR) is 93.9 cm³/mol. The minimum absolute atomic E-state index is 0.108. The molecule has 1 fully saturated rings. The molecule has 0 spiro atoms. The fourth-order valence-corrected chi connectivity index (χ4v) is 3.73. The number of rotatable bonds is 4. The predicted octanol–water partition coefficient (Wildman–Crippen LogP) is 1.88. The number of aromatic nitrogens is 2. The molecule has 3 rings (SSSR count). The molecular formula is C16H23N5OS. The minimum atomic E-state index is -0.701. The van der Waals surface area contributed by atoms with Crippen LogP contribution in [0.3, 0.4) is 0 Å². The van der Waals surface area contributed by atoms with Crippen molar-refractivity contribution in [3.8, 4) is 0 Å². The maximum Gasteiger partial charge on any atom is 0.247 e. The van der Waals surface area contributed by atoms with Crippen molar-refractivity contribution < 1.29 is 4.79 Å². The van der Waals surface area contributed by atoms with E-state index in [4.69, 9.17) is 0 Å². The molecule has 7 heteroatoms. The number of aryl methyl sites for hydroxylation is 1. The van der Waals surface area contributed by atoms with Crippen molar-refractivity contribution in [1.82, 2.24) is 20.2 Å². The zero-order valence-electron chi connectivity index (χ0n) is 13.8. The van der Waals surface area contributed by atoms with E-state index in [1.165, 1.54) is 4.88 Å². The number of piperazine rings is 1. The number of carbonyl (C=O) groups excluding carboxylic acids is 1. The molecule has 1 aliphatic heterocycles. The van der Waals surface area contributed by atoms with Gasteiger partial charge in [0.25, 0.3) is 0 Å². The largest absolute Gasteiger partial charge is 0.356 e. The van der Waals surface area contributed by atoms with Crippen molar-refractivity contribution in [3.05, 3.63) is 17.3 Å². The first-order valence-corrected chi connectivity index (χ1v) is 8.84. The lowest BCUT2D eigenvalue weighted by Crippen LogP contribution is -2.55. The zero-order chi connectivity index (χ0) is 16.4. The number of thiophene rings is 1. The lowest BCUT2D eigenvalue weighted by Gasteiger charge is -2.35. The quantitative estimate of drug-likeness (QED) is 0.894. The molecule has 0 bridgehead atoms. The molecule has 2 aromatic rings. The first-order valence-electron chi connectivity index (χ1n) is 8.03. The van der Waals surface area contributed by atoms with Gasteiger partial charge in [-0.05, 0) is 26.3 Å². The number of hydrogen-bond donors (Lipinski definition) is 2. The van der Waals surface area contributed by atoms with E-state index in [0.717, 1.165) is 48.6 Å². The third kappa shape index (κ3) is 3.30. The van der Waals surface area contributed by atoms with Crippen molar-refractivity contribution in [1.29, 1.82) is 0 Å². The molecular weight excluding hydrogens is 310 g/mol. The van der Waals surface area contributed by atoms with E-state index in [1.807, 2.05) is 18.7 Å². The van der Waals surface area contributed by atoms with Crippen LogP contribution >= 0.6 is 11.3 Å². The molecule has 6 nitrogen and oxygen atoms in total. The van der Waals surface area contributed by atoms with Crippen molar-refractivity contribution in [2.75, 3.05) is 31.5 Å². The highest BCUT2D eigenvalue weighted by molar-refractivity contribution is 7.18. The third-order valence-electron chi connectivity index (χ3n) is 4.10. The number of anilines is 1. The molecule has 2 aromatic heterocycles. The Morgan fingerprint density at radius 2 is 2.13 bits per heavy atom. The first-order chi connectivity index (χ1) is 11.0. The summed E-state index contributed by atoms with van der Waals surface area (Å²) in [6.45, 7) is 9.16. The van der Waals surface area contributed by atoms with Crippen LogP contribution in [0.4, 0.5) is 5.82 Å². The van der Waals surface area contributed by atoms with Gasteiger partial charge in [-0.25, -0.2) is 9.97 Å². The Hall–Kier alpha value is -1.73. The third-order valence-corrected chi connectivity index (χ3v) is 5.29. The number of amides is 1. The molecule has 0 radical (unpaired) electrons. The van der Waals surface area contributed by atoms with Gasteiger partial charge in [-0.2, -0.15) is 0 Å². The van der Waals surface area contributed by atoms with Crippen LogP contribution in [0, 0.1) is 0 Å². The Balaban J connectivity index is 1.84. The summed E-state index contributed by atoms with van der Waals surface area (Å²) in [5, 5.41) is 7.61. The molecule has 0 atom stereocenters. The normalized spacial score (nSPS) is 15.9. The molecule has 124 valence electrons. The average molecular weight is 333 g/mol. The molecule has 23 heavy (non-hydrogen) atoms. The second-order valence-electron chi connectivity index (χ2n) is 6.30. The first kappa shape index (κ1) is 16.1. The van der Waals surface area contributed by atoms with Crippen LogP contribution in [0.2, 0.25) is 0 Å². The number of hydrogen-bond acceptors (Lipinski definition) is 6. The van der Waals surface area contributed by atoms with Crippen LogP contribution in [0.15, 0.2) is 12.4 Å². The Morgan fingerprint density at radius 1 is 1.39 bits per heavy atom. The molecule has 0 aliphatic carbocycles. The van der Waals surface area contributed by atoms with Crippen LogP contribution in [0.25, 0.3) is 10.2 Å². The zero-order valence-corrected chi connectivity index (χ0v) is 14.7. The van der Waals surface area contributed by atoms with Crippen molar-refractivity contribution >= 4 is 33.3 Å². The van der Waals surface area contributed by atoms with Crippen LogP contribution in [0.5, 0.6) is 0 Å². The summed E-state index contributed by atoms with van der Waals surface area (Å²) in [4.78, 5) is 25.7. The van der Waals surface area contributed by atoms with Crippen molar-refractivity contribution in [2.24, 2.45) is 0 Å². The van der Waals surface area contributed by atoms with Gasteiger partial charge in [0.1, 0.15) is 22.5 Å². The van der Waals surface area contributed by atoms with Gasteiger partial charge < -0.3 is 15.5 Å². The maximum absolute atomic E-state index is 12.8. The van der Waals surface area contributed by atoms with E-state index in [0.29, 0.717) is 0 Å². The van der Waals surface area contributed by atoms with Gasteiger partial charge in [-0.3, -0.25) is 4.79 Å². The number of fused-ring (bicyclic) bond motifs is 1. The van der Waals surface area contributed by atoms with Gasteiger partial charge in [0, 0.05) is 31.1 Å². The fourth-order valence-electron chi connectivity index (χ4n) is 2.79. The monoisotopic (exact) mass is 333 g/mol. The highest BCUT2D eigenvalue weighted by atomic mass is 32.1. The summed E-state index contributed by atoms with van der Waals surface area (Å²) in [6, 6.07) is 2.12. The highest BCUT2D eigenvalue weighted by Crippen LogP contribution is 2.30. The van der Waals surface area contributed by atoms with E-state index in [9.17, 15) is 4.79 Å². The Labute approximate surface area is 140 Å². The molecule has 0 unspecified atom stereocenters. The van der Waals surface area contributed by atoms with E-state index in [-0.39, 0.29) is 5.91 Å². The summed E-state index contributed by atoms with van der Waals surface area (Å²) in [7, 11) is 0. The molecule has 0 saturated carbocycles. The van der Waals surface area contributed by atoms with Gasteiger partial charge in [0.2, 0.25) is 5.91 Å². The molecule has 0 aromatic carbocycles. The van der Waals surface area contributed by atoms with Gasteiger partial charge in [0.05, 0.1) is 5.39 Å². The maximum atomic E-state index is 12.8. The molecule has 1 amide bonds. The number of nitrogens with one attached hydrogen (secondary N) is 2. The van der Waals surface area contributed by atoms with Gasteiger partial charge in [0.15, 0.2) is 0 Å². The summed E-state index contributed by atoms with van der Waals surface area (Å²) in [6.07, 6.45) is 2.54. The Kier molecular flexibility index (Phi) is 4.50. The average Bonchev–Trinajstić information content (AvgIpc) is 2.99. The topological polar surface area (TPSA) is 70.2 Å². The lowest BCUT2D eigenvalue weighted by atomic mass is 10.0. The van der Waals surface area contributed by atoms with E-state index >= 15 is 0 Å². The molecule has 3 heterocycles. The van der Waals surface area contributed by atoms with E-state index in [2.05, 4.69) is 33.6 Å². The lowest BCUT2D eigenvalue weighted by molar-refractivity contribution is -0.135. The SMILES string of the molecule is CCc1cc2c(NC(C)(C)C(=O)N3CCNCC3)ncnc2s1. The van der Waals surface area contributed by atoms with Crippen molar-refractivity contribution in [2.45, 2.75) is 32.7 Å².